The van der Waals surface area contributed by atoms with Gasteiger partial charge in [0.05, 0.1) is 17.9 Å². The Kier molecular flexibility index (Phi) is 6.93. The zero-order valence-corrected chi connectivity index (χ0v) is 16.8. The van der Waals surface area contributed by atoms with Crippen molar-refractivity contribution in [1.29, 1.82) is 0 Å². The number of amides is 1. The van der Waals surface area contributed by atoms with Gasteiger partial charge in [-0.15, -0.1) is 0 Å². The maximum Gasteiger partial charge on any atom is 0.244 e. The third kappa shape index (κ3) is 5.18. The van der Waals surface area contributed by atoms with E-state index in [1.54, 1.807) is 11.9 Å². The lowest BCUT2D eigenvalue weighted by atomic mass is 10.0. The Bertz CT molecular complexity index is 899. The standard InChI is InChI=1S/C25H26N2O2/c1-19(25(29)22-16-10-5-11-17-22)27(2)23(28)18-26-24(20-12-6-3-7-13-20)21-14-8-4-9-15-21/h3-17,19,25,29H,18H2,1-2H3/t19-,25+/m1/s1. The lowest BCUT2D eigenvalue weighted by Gasteiger charge is -2.29. The molecular formula is C25H26N2O2. The van der Waals surface area contributed by atoms with Crippen LogP contribution in [0.2, 0.25) is 0 Å². The van der Waals surface area contributed by atoms with Crippen molar-refractivity contribution in [3.05, 3.63) is 108 Å². The molecule has 0 aromatic heterocycles. The van der Waals surface area contributed by atoms with Gasteiger partial charge in [-0.2, -0.15) is 0 Å². The second-order valence-electron chi connectivity index (χ2n) is 7.00. The fourth-order valence-electron chi connectivity index (χ4n) is 3.17. The molecule has 0 saturated heterocycles. The predicted molar refractivity (Wildman–Crippen MR) is 117 cm³/mol. The summed E-state index contributed by atoms with van der Waals surface area (Å²) >= 11 is 0. The molecule has 148 valence electrons. The molecule has 4 nitrogen and oxygen atoms in total. The first-order valence-electron chi connectivity index (χ1n) is 9.72. The molecule has 0 unspecified atom stereocenters. The van der Waals surface area contributed by atoms with Gasteiger partial charge in [-0.3, -0.25) is 9.79 Å². The fourth-order valence-corrected chi connectivity index (χ4v) is 3.17. The quantitative estimate of drug-likeness (QED) is 0.622. The average Bonchev–Trinajstić information content (AvgIpc) is 2.79. The molecule has 2 atom stereocenters. The maximum atomic E-state index is 12.8. The topological polar surface area (TPSA) is 52.9 Å². The Labute approximate surface area is 172 Å². The summed E-state index contributed by atoms with van der Waals surface area (Å²) in [6.07, 6.45) is -0.753. The van der Waals surface area contributed by atoms with Gasteiger partial charge < -0.3 is 10.0 Å². The van der Waals surface area contributed by atoms with E-state index >= 15 is 0 Å². The summed E-state index contributed by atoms with van der Waals surface area (Å²) in [6, 6.07) is 28.7. The van der Waals surface area contributed by atoms with E-state index in [2.05, 4.69) is 4.99 Å². The Morgan fingerprint density at radius 1 is 0.862 bits per heavy atom. The van der Waals surface area contributed by atoms with Crippen LogP contribution in [-0.2, 0) is 4.79 Å². The molecule has 3 aromatic rings. The molecule has 29 heavy (non-hydrogen) atoms. The molecule has 1 amide bonds. The summed E-state index contributed by atoms with van der Waals surface area (Å²) in [6.45, 7) is 1.86. The van der Waals surface area contributed by atoms with Crippen molar-refractivity contribution >= 4 is 11.6 Å². The van der Waals surface area contributed by atoms with Gasteiger partial charge in [-0.25, -0.2) is 0 Å². The number of hydrogen-bond donors (Lipinski definition) is 1. The largest absolute Gasteiger partial charge is 0.386 e. The highest BCUT2D eigenvalue weighted by molar-refractivity contribution is 6.13. The molecule has 0 aliphatic carbocycles. The van der Waals surface area contributed by atoms with Crippen LogP contribution in [0.3, 0.4) is 0 Å². The van der Waals surface area contributed by atoms with Crippen LogP contribution in [0.1, 0.15) is 29.7 Å². The maximum absolute atomic E-state index is 12.8. The molecule has 0 fully saturated rings. The zero-order chi connectivity index (χ0) is 20.6. The Morgan fingerprint density at radius 2 is 1.31 bits per heavy atom. The monoisotopic (exact) mass is 386 g/mol. The van der Waals surface area contributed by atoms with Crippen LogP contribution in [-0.4, -0.2) is 41.3 Å². The minimum absolute atomic E-state index is 0.0153. The highest BCUT2D eigenvalue weighted by Gasteiger charge is 2.24. The fraction of sp³-hybridized carbons (Fsp3) is 0.200. The molecule has 0 spiro atoms. The third-order valence-corrected chi connectivity index (χ3v) is 5.07. The lowest BCUT2D eigenvalue weighted by molar-refractivity contribution is -0.132. The summed E-state index contributed by atoms with van der Waals surface area (Å²) in [5.41, 5.74) is 3.50. The molecule has 1 N–H and O–H groups in total. The van der Waals surface area contributed by atoms with Crippen molar-refractivity contribution < 1.29 is 9.90 Å². The normalized spacial score (nSPS) is 12.7. The van der Waals surface area contributed by atoms with Crippen LogP contribution in [0.25, 0.3) is 0 Å². The number of benzene rings is 3. The van der Waals surface area contributed by atoms with Crippen LogP contribution in [0, 0.1) is 0 Å². The number of carbonyl (C=O) groups is 1. The predicted octanol–water partition coefficient (Wildman–Crippen LogP) is 4.10. The van der Waals surface area contributed by atoms with E-state index in [1.165, 1.54) is 0 Å². The van der Waals surface area contributed by atoms with E-state index in [4.69, 9.17) is 0 Å². The van der Waals surface area contributed by atoms with E-state index in [0.29, 0.717) is 0 Å². The molecule has 4 heteroatoms. The lowest BCUT2D eigenvalue weighted by Crippen LogP contribution is -2.40. The van der Waals surface area contributed by atoms with Gasteiger partial charge in [-0.05, 0) is 12.5 Å². The second-order valence-corrected chi connectivity index (χ2v) is 7.00. The third-order valence-electron chi connectivity index (χ3n) is 5.07. The first-order chi connectivity index (χ1) is 14.1. The minimum Gasteiger partial charge on any atom is -0.386 e. The summed E-state index contributed by atoms with van der Waals surface area (Å²) in [5, 5.41) is 10.6. The van der Waals surface area contributed by atoms with Crippen molar-refractivity contribution in [2.75, 3.05) is 13.6 Å². The van der Waals surface area contributed by atoms with Gasteiger partial charge in [0.2, 0.25) is 5.91 Å². The number of aliphatic hydroxyl groups is 1. The molecular weight excluding hydrogens is 360 g/mol. The van der Waals surface area contributed by atoms with Crippen LogP contribution >= 0.6 is 0 Å². The van der Waals surface area contributed by atoms with Crippen LogP contribution in [0.15, 0.2) is 96.0 Å². The average molecular weight is 386 g/mol. The van der Waals surface area contributed by atoms with E-state index in [-0.39, 0.29) is 18.5 Å². The van der Waals surface area contributed by atoms with Gasteiger partial charge in [0.25, 0.3) is 0 Å². The molecule has 3 aromatic carbocycles. The smallest absolute Gasteiger partial charge is 0.244 e. The van der Waals surface area contributed by atoms with Crippen molar-refractivity contribution in [2.45, 2.75) is 19.1 Å². The molecule has 3 rings (SSSR count). The number of nitrogens with zero attached hydrogens (tertiary/aromatic N) is 2. The zero-order valence-electron chi connectivity index (χ0n) is 16.8. The van der Waals surface area contributed by atoms with Gasteiger partial charge >= 0.3 is 0 Å². The van der Waals surface area contributed by atoms with Crippen molar-refractivity contribution in [1.82, 2.24) is 4.90 Å². The molecule has 0 radical (unpaired) electrons. The van der Waals surface area contributed by atoms with Gasteiger partial charge in [0.15, 0.2) is 0 Å². The summed E-state index contributed by atoms with van der Waals surface area (Å²) in [7, 11) is 1.71. The molecule has 0 aliphatic heterocycles. The highest BCUT2D eigenvalue weighted by Crippen LogP contribution is 2.20. The van der Waals surface area contributed by atoms with E-state index in [0.717, 1.165) is 22.4 Å². The Hall–Kier alpha value is -3.24. The van der Waals surface area contributed by atoms with Crippen LogP contribution < -0.4 is 0 Å². The van der Waals surface area contributed by atoms with E-state index in [9.17, 15) is 9.90 Å². The Morgan fingerprint density at radius 3 is 1.79 bits per heavy atom. The molecule has 0 bridgehead atoms. The van der Waals surface area contributed by atoms with Crippen molar-refractivity contribution in [3.8, 4) is 0 Å². The van der Waals surface area contributed by atoms with E-state index < -0.39 is 6.10 Å². The molecule has 0 heterocycles. The first-order valence-corrected chi connectivity index (χ1v) is 9.72. The number of aliphatic hydroxyl groups excluding tert-OH is 1. The number of rotatable bonds is 7. The van der Waals surface area contributed by atoms with Crippen LogP contribution in [0.4, 0.5) is 0 Å². The summed E-state index contributed by atoms with van der Waals surface area (Å²) < 4.78 is 0. The number of carbonyl (C=O) groups excluding carboxylic acids is 1. The van der Waals surface area contributed by atoms with Gasteiger partial charge in [0, 0.05) is 18.2 Å². The van der Waals surface area contributed by atoms with Crippen LogP contribution in [0.5, 0.6) is 0 Å². The van der Waals surface area contributed by atoms with Crippen molar-refractivity contribution in [2.24, 2.45) is 4.99 Å². The minimum atomic E-state index is -0.753. The first kappa shape index (κ1) is 20.5. The van der Waals surface area contributed by atoms with Crippen molar-refractivity contribution in [3.63, 3.8) is 0 Å². The molecule has 0 aliphatic rings. The summed E-state index contributed by atoms with van der Waals surface area (Å²) in [5.74, 6) is -0.142. The number of hydrogen-bond acceptors (Lipinski definition) is 3. The van der Waals surface area contributed by atoms with Gasteiger partial charge in [-0.1, -0.05) is 91.0 Å². The Balaban J connectivity index is 1.77. The second kappa shape index (κ2) is 9.80. The molecule has 0 saturated carbocycles. The van der Waals surface area contributed by atoms with Gasteiger partial charge in [0.1, 0.15) is 6.54 Å². The number of likely N-dealkylation sites (N-methyl/N-ethyl adjacent to an activating group) is 1. The SMILES string of the molecule is C[C@H]([C@H](O)c1ccccc1)N(C)C(=O)CN=C(c1ccccc1)c1ccccc1. The summed E-state index contributed by atoms with van der Waals surface area (Å²) in [4.78, 5) is 19.0. The van der Waals surface area contributed by atoms with E-state index in [1.807, 2.05) is 97.9 Å². The highest BCUT2D eigenvalue weighted by atomic mass is 16.3. The number of aliphatic imine (C=N–C) groups is 1.